The predicted octanol–water partition coefficient (Wildman–Crippen LogP) is 1.96. The molecular formula is C14H15BrN2O5S. The topological polar surface area (TPSA) is 92.8 Å². The van der Waals surface area contributed by atoms with E-state index in [1.807, 2.05) is 0 Å². The maximum Gasteiger partial charge on any atom is 0.325 e. The second-order valence-electron chi connectivity index (χ2n) is 5.45. The average Bonchev–Trinajstić information content (AvgIpc) is 2.97. The number of hydrogen-bond acceptors (Lipinski definition) is 6. The molecule has 1 N–H and O–H groups in total. The molecule has 3 amide bonds. The number of hydrogen-bond donors (Lipinski definition) is 1. The Kier molecular flexibility index (Phi) is 5.20. The van der Waals surface area contributed by atoms with Crippen molar-refractivity contribution in [2.45, 2.75) is 25.8 Å². The van der Waals surface area contributed by atoms with Gasteiger partial charge >= 0.3 is 12.0 Å². The molecule has 2 heterocycles. The Morgan fingerprint density at radius 3 is 2.57 bits per heavy atom. The van der Waals surface area contributed by atoms with Crippen LogP contribution in [0, 0.1) is 0 Å². The van der Waals surface area contributed by atoms with E-state index in [4.69, 9.17) is 4.74 Å². The van der Waals surface area contributed by atoms with E-state index in [9.17, 15) is 19.2 Å². The summed E-state index contributed by atoms with van der Waals surface area (Å²) in [5.41, 5.74) is -0.969. The molecule has 0 unspecified atom stereocenters. The molecule has 124 valence electrons. The van der Waals surface area contributed by atoms with E-state index in [0.29, 0.717) is 4.88 Å². The molecule has 9 heteroatoms. The molecule has 0 saturated carbocycles. The van der Waals surface area contributed by atoms with E-state index in [1.54, 1.807) is 26.0 Å². The molecule has 1 aliphatic rings. The predicted molar refractivity (Wildman–Crippen MR) is 86.2 cm³/mol. The van der Waals surface area contributed by atoms with Crippen LogP contribution in [0.25, 0.3) is 0 Å². The van der Waals surface area contributed by atoms with Gasteiger partial charge in [-0.3, -0.25) is 19.3 Å². The van der Waals surface area contributed by atoms with Crippen LogP contribution in [-0.2, 0) is 14.3 Å². The number of nitrogens with zero attached hydrogens (tertiary/aromatic N) is 1. The van der Waals surface area contributed by atoms with Crippen molar-refractivity contribution >= 4 is 51.0 Å². The van der Waals surface area contributed by atoms with Gasteiger partial charge in [0.1, 0.15) is 5.54 Å². The third-order valence-electron chi connectivity index (χ3n) is 3.20. The third kappa shape index (κ3) is 4.17. The summed E-state index contributed by atoms with van der Waals surface area (Å²) in [5.74, 6) is -1.33. The van der Waals surface area contributed by atoms with Crippen molar-refractivity contribution in [1.82, 2.24) is 10.2 Å². The van der Waals surface area contributed by atoms with Crippen molar-refractivity contribution in [3.05, 3.63) is 20.8 Å². The number of nitrogens with one attached hydrogen (secondary N) is 1. The van der Waals surface area contributed by atoms with Gasteiger partial charge in [-0.2, -0.15) is 0 Å². The van der Waals surface area contributed by atoms with Gasteiger partial charge < -0.3 is 10.1 Å². The molecule has 1 aromatic rings. The normalized spacial score (nSPS) is 16.4. The number of imide groups is 1. The van der Waals surface area contributed by atoms with E-state index in [0.717, 1.165) is 8.69 Å². The van der Waals surface area contributed by atoms with Gasteiger partial charge in [0.2, 0.25) is 5.78 Å². The highest BCUT2D eigenvalue weighted by Crippen LogP contribution is 2.22. The molecule has 0 bridgehead atoms. The van der Waals surface area contributed by atoms with Gasteiger partial charge in [0, 0.05) is 6.54 Å². The second-order valence-corrected chi connectivity index (χ2v) is 7.91. The Hall–Kier alpha value is -1.74. The standard InChI is InChI=1S/C14H15BrN2O5S/c1-14(2)12(20)17(13(21)16-14)6-5-11(19)22-7-8(18)9-3-4-10(15)23-9/h3-4H,5-7H2,1-2H3,(H,16,21). The van der Waals surface area contributed by atoms with Gasteiger partial charge in [-0.15, -0.1) is 11.3 Å². The Bertz CT molecular complexity index is 670. The maximum absolute atomic E-state index is 11.9. The molecule has 1 saturated heterocycles. The van der Waals surface area contributed by atoms with Crippen LogP contribution in [0.4, 0.5) is 4.79 Å². The van der Waals surface area contributed by atoms with Gasteiger partial charge in [0.05, 0.1) is 15.1 Å². The lowest BCUT2D eigenvalue weighted by atomic mass is 10.1. The molecule has 0 spiro atoms. The number of thiophene rings is 1. The van der Waals surface area contributed by atoms with Crippen LogP contribution in [0.5, 0.6) is 0 Å². The van der Waals surface area contributed by atoms with Crippen LogP contribution < -0.4 is 5.32 Å². The Balaban J connectivity index is 1.79. The molecule has 23 heavy (non-hydrogen) atoms. The van der Waals surface area contributed by atoms with Gasteiger partial charge in [-0.25, -0.2) is 4.79 Å². The first-order valence-corrected chi connectivity index (χ1v) is 8.40. The number of halogens is 1. The van der Waals surface area contributed by atoms with Crippen LogP contribution >= 0.6 is 27.3 Å². The molecule has 0 aromatic carbocycles. The molecular weight excluding hydrogens is 388 g/mol. The molecule has 0 radical (unpaired) electrons. The molecule has 2 rings (SSSR count). The minimum Gasteiger partial charge on any atom is -0.457 e. The van der Waals surface area contributed by atoms with Gasteiger partial charge in [-0.05, 0) is 41.9 Å². The summed E-state index contributed by atoms with van der Waals surface area (Å²) < 4.78 is 5.70. The maximum atomic E-state index is 11.9. The molecule has 1 fully saturated rings. The number of esters is 1. The number of carbonyl (C=O) groups excluding carboxylic acids is 4. The van der Waals surface area contributed by atoms with Crippen LogP contribution in [0.1, 0.15) is 29.9 Å². The molecule has 0 atom stereocenters. The van der Waals surface area contributed by atoms with Crippen molar-refractivity contribution in [2.24, 2.45) is 0 Å². The zero-order valence-corrected chi connectivity index (χ0v) is 15.0. The summed E-state index contributed by atoms with van der Waals surface area (Å²) >= 11 is 4.50. The number of urea groups is 1. The highest BCUT2D eigenvalue weighted by Gasteiger charge is 2.44. The largest absolute Gasteiger partial charge is 0.457 e. The average molecular weight is 403 g/mol. The first kappa shape index (κ1) is 17.6. The summed E-state index contributed by atoms with van der Waals surface area (Å²) in [4.78, 5) is 48.5. The van der Waals surface area contributed by atoms with Gasteiger partial charge in [0.25, 0.3) is 5.91 Å². The third-order valence-corrected chi connectivity index (χ3v) is 4.86. The second kappa shape index (κ2) is 6.79. The van der Waals surface area contributed by atoms with E-state index in [-0.39, 0.29) is 25.4 Å². The van der Waals surface area contributed by atoms with Crippen molar-refractivity contribution < 1.29 is 23.9 Å². The summed E-state index contributed by atoms with van der Waals surface area (Å²) in [5, 5.41) is 2.52. The zero-order chi connectivity index (χ0) is 17.2. The lowest BCUT2D eigenvalue weighted by molar-refractivity contribution is -0.143. The van der Waals surface area contributed by atoms with Crippen molar-refractivity contribution in [1.29, 1.82) is 0 Å². The highest BCUT2D eigenvalue weighted by molar-refractivity contribution is 9.11. The smallest absolute Gasteiger partial charge is 0.325 e. The van der Waals surface area contributed by atoms with Crippen LogP contribution in [-0.4, -0.2) is 47.3 Å². The zero-order valence-electron chi connectivity index (χ0n) is 12.6. The lowest BCUT2D eigenvalue weighted by Gasteiger charge is -2.15. The summed E-state index contributed by atoms with van der Waals surface area (Å²) in [6.07, 6.45) is -0.156. The van der Waals surface area contributed by atoms with Crippen molar-refractivity contribution in [3.8, 4) is 0 Å². The number of carbonyl (C=O) groups is 4. The Morgan fingerprint density at radius 1 is 1.35 bits per heavy atom. The SMILES string of the molecule is CC1(C)NC(=O)N(CCC(=O)OCC(=O)c2ccc(Br)s2)C1=O. The fourth-order valence-corrected chi connectivity index (χ4v) is 3.29. The van der Waals surface area contributed by atoms with E-state index in [1.165, 1.54) is 11.3 Å². The molecule has 0 aliphatic carbocycles. The van der Waals surface area contributed by atoms with E-state index < -0.39 is 23.4 Å². The number of amides is 3. The summed E-state index contributed by atoms with van der Waals surface area (Å²) in [7, 11) is 0. The Labute approximate surface area is 145 Å². The summed E-state index contributed by atoms with van der Waals surface area (Å²) in [6.45, 7) is 2.73. The first-order chi connectivity index (χ1) is 10.7. The molecule has 1 aliphatic heterocycles. The highest BCUT2D eigenvalue weighted by atomic mass is 79.9. The van der Waals surface area contributed by atoms with Crippen molar-refractivity contribution in [2.75, 3.05) is 13.2 Å². The van der Waals surface area contributed by atoms with E-state index >= 15 is 0 Å². The number of Topliss-reactive ketones (excluding diaryl/α,β-unsaturated/α-hetero) is 1. The summed E-state index contributed by atoms with van der Waals surface area (Å²) in [6, 6.07) is 2.84. The van der Waals surface area contributed by atoms with Gasteiger partial charge in [-0.1, -0.05) is 0 Å². The van der Waals surface area contributed by atoms with Crippen LogP contribution in [0.15, 0.2) is 15.9 Å². The number of ketones is 1. The van der Waals surface area contributed by atoms with Gasteiger partial charge in [0.15, 0.2) is 6.61 Å². The Morgan fingerprint density at radius 2 is 2.04 bits per heavy atom. The van der Waals surface area contributed by atoms with Crippen LogP contribution in [0.3, 0.4) is 0 Å². The number of ether oxygens (including phenoxy) is 1. The number of rotatable bonds is 6. The van der Waals surface area contributed by atoms with E-state index in [2.05, 4.69) is 21.2 Å². The first-order valence-electron chi connectivity index (χ1n) is 6.79. The molecule has 7 nitrogen and oxygen atoms in total. The van der Waals surface area contributed by atoms with Crippen molar-refractivity contribution in [3.63, 3.8) is 0 Å². The fraction of sp³-hybridized carbons (Fsp3) is 0.429. The lowest BCUT2D eigenvalue weighted by Crippen LogP contribution is -2.40. The minimum atomic E-state index is -0.969. The monoisotopic (exact) mass is 402 g/mol. The van der Waals surface area contributed by atoms with Crippen LogP contribution in [0.2, 0.25) is 0 Å². The minimum absolute atomic E-state index is 0.0777. The quantitative estimate of drug-likeness (QED) is 0.445. The molecule has 1 aromatic heterocycles. The fourth-order valence-electron chi connectivity index (χ4n) is 1.98.